The highest BCUT2D eigenvalue weighted by Crippen LogP contribution is 2.26. The second-order valence-electron chi connectivity index (χ2n) is 6.64. The first-order valence-electron chi connectivity index (χ1n) is 8.54. The van der Waals surface area contributed by atoms with Crippen LogP contribution >= 0.6 is 11.3 Å². The van der Waals surface area contributed by atoms with Gasteiger partial charge in [-0.15, -0.1) is 11.3 Å². The van der Waals surface area contributed by atoms with Crippen molar-refractivity contribution in [2.75, 3.05) is 25.0 Å². The Bertz CT molecular complexity index is 552. The Labute approximate surface area is 141 Å². The standard InChI is InChI=1S/C17H25N3O2S/c21-16(22)7-6-15-12-23-17(19-15)18-14-8-9-20(11-14)10-13-4-2-1-3-5-13/h6-7,12-14H,1-5,8-11H2,(H,18,19)(H,21,22)/t14-/m1/s1. The van der Waals surface area contributed by atoms with E-state index >= 15 is 0 Å². The summed E-state index contributed by atoms with van der Waals surface area (Å²) in [5.41, 5.74) is 0.706. The molecule has 2 aliphatic rings. The number of aliphatic carboxylic acids is 1. The molecule has 0 aromatic carbocycles. The molecule has 1 saturated heterocycles. The van der Waals surface area contributed by atoms with Crippen molar-refractivity contribution in [1.29, 1.82) is 0 Å². The lowest BCUT2D eigenvalue weighted by molar-refractivity contribution is -0.131. The van der Waals surface area contributed by atoms with Gasteiger partial charge in [0.25, 0.3) is 0 Å². The molecule has 1 aromatic rings. The minimum atomic E-state index is -0.943. The van der Waals surface area contributed by atoms with Gasteiger partial charge in [-0.05, 0) is 31.3 Å². The summed E-state index contributed by atoms with van der Waals surface area (Å²) in [7, 11) is 0. The number of nitrogens with one attached hydrogen (secondary N) is 1. The number of carbonyl (C=O) groups is 1. The van der Waals surface area contributed by atoms with Gasteiger partial charge in [-0.25, -0.2) is 9.78 Å². The van der Waals surface area contributed by atoms with E-state index in [1.807, 2.05) is 5.38 Å². The number of aromatic nitrogens is 1. The lowest BCUT2D eigenvalue weighted by atomic mass is 9.89. The van der Waals surface area contributed by atoms with Crippen molar-refractivity contribution in [3.63, 3.8) is 0 Å². The molecule has 2 N–H and O–H groups in total. The van der Waals surface area contributed by atoms with Crippen LogP contribution in [0.4, 0.5) is 5.13 Å². The minimum Gasteiger partial charge on any atom is -0.478 e. The summed E-state index contributed by atoms with van der Waals surface area (Å²) in [5, 5.41) is 14.9. The van der Waals surface area contributed by atoms with Gasteiger partial charge in [0.15, 0.2) is 5.13 Å². The number of hydrogen-bond acceptors (Lipinski definition) is 5. The highest BCUT2D eigenvalue weighted by atomic mass is 32.1. The van der Waals surface area contributed by atoms with Crippen molar-refractivity contribution >= 4 is 28.5 Å². The van der Waals surface area contributed by atoms with Gasteiger partial charge in [-0.3, -0.25) is 0 Å². The number of carboxylic acid groups (broad SMARTS) is 1. The maximum Gasteiger partial charge on any atom is 0.328 e. The Morgan fingerprint density at radius 3 is 3.00 bits per heavy atom. The number of carboxylic acids is 1. The maximum absolute atomic E-state index is 10.5. The van der Waals surface area contributed by atoms with E-state index in [2.05, 4.69) is 15.2 Å². The van der Waals surface area contributed by atoms with Crippen molar-refractivity contribution in [3.05, 3.63) is 17.2 Å². The molecule has 0 amide bonds. The lowest BCUT2D eigenvalue weighted by Gasteiger charge is -2.26. The van der Waals surface area contributed by atoms with Crippen LogP contribution in [0.25, 0.3) is 6.08 Å². The van der Waals surface area contributed by atoms with E-state index in [-0.39, 0.29) is 0 Å². The van der Waals surface area contributed by atoms with Gasteiger partial charge in [-0.2, -0.15) is 0 Å². The average Bonchev–Trinajstić information content (AvgIpc) is 3.16. The number of thiazole rings is 1. The molecule has 6 heteroatoms. The van der Waals surface area contributed by atoms with Crippen LogP contribution in [0.3, 0.4) is 0 Å². The summed E-state index contributed by atoms with van der Waals surface area (Å²) in [6.45, 7) is 3.52. The first kappa shape index (κ1) is 16.5. The summed E-state index contributed by atoms with van der Waals surface area (Å²) in [6.07, 6.45) is 10.9. The molecule has 3 rings (SSSR count). The quantitative estimate of drug-likeness (QED) is 0.781. The summed E-state index contributed by atoms with van der Waals surface area (Å²) >= 11 is 1.54. The van der Waals surface area contributed by atoms with Crippen molar-refractivity contribution < 1.29 is 9.90 Å². The predicted octanol–water partition coefficient (Wildman–Crippen LogP) is 3.31. The van der Waals surface area contributed by atoms with Gasteiger partial charge in [0, 0.05) is 37.1 Å². The van der Waals surface area contributed by atoms with Crippen LogP contribution in [0.15, 0.2) is 11.5 Å². The van der Waals surface area contributed by atoms with E-state index in [0.29, 0.717) is 11.7 Å². The Morgan fingerprint density at radius 1 is 1.39 bits per heavy atom. The van der Waals surface area contributed by atoms with Crippen LogP contribution in [0, 0.1) is 5.92 Å². The normalized spacial score (nSPS) is 23.6. The highest BCUT2D eigenvalue weighted by molar-refractivity contribution is 7.13. The van der Waals surface area contributed by atoms with Gasteiger partial charge in [0.05, 0.1) is 5.69 Å². The molecular formula is C17H25N3O2S. The third kappa shape index (κ3) is 5.04. The second kappa shape index (κ2) is 7.93. The fourth-order valence-electron chi connectivity index (χ4n) is 3.61. The largest absolute Gasteiger partial charge is 0.478 e. The summed E-state index contributed by atoms with van der Waals surface area (Å²) < 4.78 is 0. The highest BCUT2D eigenvalue weighted by Gasteiger charge is 2.25. The van der Waals surface area contributed by atoms with E-state index in [0.717, 1.165) is 30.1 Å². The molecular weight excluding hydrogens is 310 g/mol. The SMILES string of the molecule is O=C(O)C=Cc1csc(N[C@@H]2CCN(CC3CCCCC3)C2)n1. The van der Waals surface area contributed by atoms with Crippen molar-refractivity contribution in [2.24, 2.45) is 5.92 Å². The summed E-state index contributed by atoms with van der Waals surface area (Å²) in [4.78, 5) is 17.5. The Balaban J connectivity index is 1.45. The van der Waals surface area contributed by atoms with E-state index in [9.17, 15) is 4.79 Å². The number of hydrogen-bond donors (Lipinski definition) is 2. The molecule has 0 unspecified atom stereocenters. The van der Waals surface area contributed by atoms with E-state index in [1.54, 1.807) is 11.3 Å². The van der Waals surface area contributed by atoms with Crippen LogP contribution in [-0.4, -0.2) is 46.6 Å². The molecule has 5 nitrogen and oxygen atoms in total. The van der Waals surface area contributed by atoms with E-state index in [1.165, 1.54) is 51.3 Å². The number of likely N-dealkylation sites (tertiary alicyclic amines) is 1. The molecule has 0 radical (unpaired) electrons. The zero-order chi connectivity index (χ0) is 16.1. The third-order valence-corrected chi connectivity index (χ3v) is 5.55. The molecule has 1 aromatic heterocycles. The fraction of sp³-hybridized carbons (Fsp3) is 0.647. The predicted molar refractivity (Wildman–Crippen MR) is 93.8 cm³/mol. The molecule has 2 heterocycles. The molecule has 1 aliphatic carbocycles. The van der Waals surface area contributed by atoms with Gasteiger partial charge in [-0.1, -0.05) is 19.3 Å². The van der Waals surface area contributed by atoms with Gasteiger partial charge in [0.1, 0.15) is 0 Å². The van der Waals surface area contributed by atoms with Crippen LogP contribution in [-0.2, 0) is 4.79 Å². The molecule has 1 saturated carbocycles. The molecule has 1 aliphatic heterocycles. The zero-order valence-corrected chi connectivity index (χ0v) is 14.2. The summed E-state index contributed by atoms with van der Waals surface area (Å²) in [5.74, 6) is -0.0447. The Hall–Kier alpha value is -1.40. The first-order chi connectivity index (χ1) is 11.2. The molecule has 0 bridgehead atoms. The van der Waals surface area contributed by atoms with Crippen LogP contribution in [0.5, 0.6) is 0 Å². The van der Waals surface area contributed by atoms with Crippen LogP contribution in [0.2, 0.25) is 0 Å². The first-order valence-corrected chi connectivity index (χ1v) is 9.42. The smallest absolute Gasteiger partial charge is 0.328 e. The number of anilines is 1. The van der Waals surface area contributed by atoms with Crippen LogP contribution < -0.4 is 5.32 Å². The Morgan fingerprint density at radius 2 is 2.22 bits per heavy atom. The number of nitrogens with zero attached hydrogens (tertiary/aromatic N) is 2. The topological polar surface area (TPSA) is 65.5 Å². The van der Waals surface area contributed by atoms with Crippen molar-refractivity contribution in [2.45, 2.75) is 44.6 Å². The second-order valence-corrected chi connectivity index (χ2v) is 7.50. The third-order valence-electron chi connectivity index (χ3n) is 4.76. The zero-order valence-electron chi connectivity index (χ0n) is 13.4. The average molecular weight is 335 g/mol. The molecule has 1 atom stereocenters. The molecule has 0 spiro atoms. The molecule has 126 valence electrons. The number of rotatable bonds is 6. The minimum absolute atomic E-state index is 0.459. The van der Waals surface area contributed by atoms with Crippen molar-refractivity contribution in [1.82, 2.24) is 9.88 Å². The molecule has 23 heavy (non-hydrogen) atoms. The maximum atomic E-state index is 10.5. The van der Waals surface area contributed by atoms with Crippen LogP contribution in [0.1, 0.15) is 44.2 Å². The molecule has 2 fully saturated rings. The van der Waals surface area contributed by atoms with E-state index in [4.69, 9.17) is 5.11 Å². The fourth-order valence-corrected chi connectivity index (χ4v) is 4.37. The Kier molecular flexibility index (Phi) is 5.67. The van der Waals surface area contributed by atoms with E-state index < -0.39 is 5.97 Å². The van der Waals surface area contributed by atoms with Crippen molar-refractivity contribution in [3.8, 4) is 0 Å². The lowest BCUT2D eigenvalue weighted by Crippen LogP contribution is -2.31. The van der Waals surface area contributed by atoms with Gasteiger partial charge >= 0.3 is 5.97 Å². The van der Waals surface area contributed by atoms with Gasteiger partial charge < -0.3 is 15.3 Å². The van der Waals surface area contributed by atoms with Gasteiger partial charge in [0.2, 0.25) is 0 Å². The monoisotopic (exact) mass is 335 g/mol. The summed E-state index contributed by atoms with van der Waals surface area (Å²) in [6, 6.07) is 0.459.